The molecule has 1 amide bonds. The molecule has 32 heavy (non-hydrogen) atoms. The lowest BCUT2D eigenvalue weighted by Crippen LogP contribution is -2.40. The summed E-state index contributed by atoms with van der Waals surface area (Å²) in [5.74, 6) is -2.32. The summed E-state index contributed by atoms with van der Waals surface area (Å²) in [5, 5.41) is 12.9. The van der Waals surface area contributed by atoms with E-state index >= 15 is 0 Å². The van der Waals surface area contributed by atoms with Crippen molar-refractivity contribution < 1.29 is 32.6 Å². The Morgan fingerprint density at radius 3 is 2.41 bits per heavy atom. The van der Waals surface area contributed by atoms with Gasteiger partial charge in [0, 0.05) is 13.1 Å². The van der Waals surface area contributed by atoms with Gasteiger partial charge in [-0.25, -0.2) is 13.2 Å². The summed E-state index contributed by atoms with van der Waals surface area (Å²) in [6, 6.07) is 5.91. The summed E-state index contributed by atoms with van der Waals surface area (Å²) in [6.07, 6.45) is 0. The van der Waals surface area contributed by atoms with Crippen LogP contribution in [0.15, 0.2) is 35.2 Å². The third-order valence-electron chi connectivity index (χ3n) is 4.41. The molecule has 0 bridgehead atoms. The zero-order valence-electron chi connectivity index (χ0n) is 16.3. The first-order chi connectivity index (χ1) is 15.1. The molecular formula is C19H17Cl3N2O7S. The first-order valence-electron chi connectivity index (χ1n) is 9.12. The van der Waals surface area contributed by atoms with Crippen LogP contribution in [0.5, 0.6) is 5.75 Å². The molecule has 1 heterocycles. The van der Waals surface area contributed by atoms with Crippen LogP contribution in [0.25, 0.3) is 0 Å². The highest BCUT2D eigenvalue weighted by atomic mass is 35.5. The monoisotopic (exact) mass is 522 g/mol. The summed E-state index contributed by atoms with van der Waals surface area (Å²) >= 11 is 17.7. The maximum absolute atomic E-state index is 12.8. The molecule has 13 heteroatoms. The lowest BCUT2D eigenvalue weighted by Gasteiger charge is -2.26. The predicted molar refractivity (Wildman–Crippen MR) is 118 cm³/mol. The van der Waals surface area contributed by atoms with E-state index in [9.17, 15) is 23.1 Å². The second-order valence-corrected chi connectivity index (χ2v) is 9.73. The van der Waals surface area contributed by atoms with Gasteiger partial charge in [0.05, 0.1) is 38.9 Å². The number of esters is 1. The highest BCUT2D eigenvalue weighted by Gasteiger charge is 2.28. The molecule has 0 spiro atoms. The Morgan fingerprint density at radius 1 is 1.06 bits per heavy atom. The molecular weight excluding hydrogens is 507 g/mol. The molecule has 0 unspecified atom stereocenters. The number of nitrogens with zero attached hydrogens (tertiary/aromatic N) is 1. The number of carbonyl (C=O) groups excluding carboxylic acids is 2. The topological polar surface area (TPSA) is 122 Å². The molecule has 1 aliphatic rings. The second kappa shape index (κ2) is 10.2. The maximum Gasteiger partial charge on any atom is 0.342 e. The van der Waals surface area contributed by atoms with Crippen LogP contribution in [0, 0.1) is 0 Å². The minimum absolute atomic E-state index is 0.123. The molecule has 172 valence electrons. The number of benzene rings is 2. The molecule has 9 nitrogen and oxygen atoms in total. The molecule has 0 saturated carbocycles. The zero-order valence-corrected chi connectivity index (χ0v) is 19.4. The number of amides is 1. The Kier molecular flexibility index (Phi) is 7.86. The van der Waals surface area contributed by atoms with E-state index in [1.807, 2.05) is 0 Å². The van der Waals surface area contributed by atoms with Crippen molar-refractivity contribution >= 4 is 62.4 Å². The number of nitrogens with one attached hydrogen (secondary N) is 1. The number of anilines is 1. The van der Waals surface area contributed by atoms with E-state index in [-0.39, 0.29) is 52.0 Å². The minimum atomic E-state index is -3.90. The molecule has 0 aliphatic carbocycles. The van der Waals surface area contributed by atoms with Crippen LogP contribution in [0.4, 0.5) is 5.69 Å². The van der Waals surface area contributed by atoms with Crippen LogP contribution < -0.4 is 5.32 Å². The van der Waals surface area contributed by atoms with Gasteiger partial charge in [-0.3, -0.25) is 4.79 Å². The fourth-order valence-electron chi connectivity index (χ4n) is 2.79. The molecule has 1 fully saturated rings. The first kappa shape index (κ1) is 24.6. The van der Waals surface area contributed by atoms with Crippen LogP contribution in [-0.2, 0) is 24.3 Å². The van der Waals surface area contributed by atoms with E-state index in [1.54, 1.807) is 0 Å². The van der Waals surface area contributed by atoms with Gasteiger partial charge in [0.15, 0.2) is 6.61 Å². The molecule has 0 radical (unpaired) electrons. The summed E-state index contributed by atoms with van der Waals surface area (Å²) in [5.41, 5.74) is -0.247. The number of carbonyl (C=O) groups is 2. The van der Waals surface area contributed by atoms with Gasteiger partial charge in [-0.05, 0) is 30.3 Å². The Hall–Kier alpha value is -2.08. The fraction of sp³-hybridized carbons (Fsp3) is 0.263. The molecule has 2 N–H and O–H groups in total. The lowest BCUT2D eigenvalue weighted by atomic mass is 10.2. The van der Waals surface area contributed by atoms with Crippen molar-refractivity contribution in [2.24, 2.45) is 0 Å². The van der Waals surface area contributed by atoms with Gasteiger partial charge in [0.25, 0.3) is 5.91 Å². The van der Waals surface area contributed by atoms with E-state index in [0.29, 0.717) is 0 Å². The quantitative estimate of drug-likeness (QED) is 0.440. The Bertz CT molecular complexity index is 1150. The van der Waals surface area contributed by atoms with Crippen molar-refractivity contribution in [3.63, 3.8) is 0 Å². The standard InChI is InChI=1S/C19H17Cl3N2O7S/c20-13-8-15(22)16(9-14(13)21)23-18(26)10-31-19(27)12-7-11(1-2-17(12)25)32(28,29)24-3-5-30-6-4-24/h1-2,7-9,25H,3-6,10H2,(H,23,26). The van der Waals surface area contributed by atoms with Gasteiger partial charge >= 0.3 is 5.97 Å². The average Bonchev–Trinajstić information content (AvgIpc) is 2.76. The fourth-order valence-corrected chi connectivity index (χ4v) is 4.82. The van der Waals surface area contributed by atoms with Gasteiger partial charge in [-0.1, -0.05) is 34.8 Å². The number of phenols is 1. The molecule has 0 aromatic heterocycles. The molecule has 3 rings (SSSR count). The van der Waals surface area contributed by atoms with Crippen molar-refractivity contribution in [3.05, 3.63) is 51.0 Å². The summed E-state index contributed by atoms with van der Waals surface area (Å²) in [6.45, 7) is 0.116. The largest absolute Gasteiger partial charge is 0.507 e. The number of rotatable bonds is 6. The number of hydrogen-bond donors (Lipinski definition) is 2. The van der Waals surface area contributed by atoms with E-state index in [0.717, 1.165) is 12.1 Å². The van der Waals surface area contributed by atoms with E-state index < -0.39 is 39.8 Å². The first-order valence-corrected chi connectivity index (χ1v) is 11.7. The number of phenolic OH excluding ortho intramolecular Hbond substituents is 1. The summed E-state index contributed by atoms with van der Waals surface area (Å²) in [7, 11) is -3.90. The molecule has 1 aliphatic heterocycles. The third-order valence-corrected chi connectivity index (χ3v) is 7.34. The Morgan fingerprint density at radius 2 is 1.72 bits per heavy atom. The maximum atomic E-state index is 12.8. The number of morpholine rings is 1. The normalized spacial score (nSPS) is 14.7. The van der Waals surface area contributed by atoms with Gasteiger partial charge in [0.2, 0.25) is 10.0 Å². The van der Waals surface area contributed by atoms with Crippen LogP contribution in [0.2, 0.25) is 15.1 Å². The smallest absolute Gasteiger partial charge is 0.342 e. The van der Waals surface area contributed by atoms with Gasteiger partial charge in [0.1, 0.15) is 11.3 Å². The predicted octanol–water partition coefficient (Wildman–Crippen LogP) is 3.17. The Labute approximate surface area is 198 Å². The number of halogens is 3. The SMILES string of the molecule is O=C(COC(=O)c1cc(S(=O)(=O)N2CCOCC2)ccc1O)Nc1cc(Cl)c(Cl)cc1Cl. The van der Waals surface area contributed by atoms with Crippen molar-refractivity contribution in [2.75, 3.05) is 38.2 Å². The van der Waals surface area contributed by atoms with Crippen LogP contribution in [-0.4, -0.2) is 62.6 Å². The summed E-state index contributed by atoms with van der Waals surface area (Å²) < 4.78 is 36.8. The number of aromatic hydroxyl groups is 1. The van der Waals surface area contributed by atoms with E-state index in [1.165, 1.54) is 22.5 Å². The number of ether oxygens (including phenoxy) is 2. The highest BCUT2D eigenvalue weighted by molar-refractivity contribution is 7.89. The van der Waals surface area contributed by atoms with Crippen LogP contribution in [0.1, 0.15) is 10.4 Å². The molecule has 1 saturated heterocycles. The van der Waals surface area contributed by atoms with Gasteiger partial charge in [-0.2, -0.15) is 4.31 Å². The second-order valence-electron chi connectivity index (χ2n) is 6.57. The number of sulfonamides is 1. The van der Waals surface area contributed by atoms with E-state index in [2.05, 4.69) is 5.32 Å². The summed E-state index contributed by atoms with van der Waals surface area (Å²) in [4.78, 5) is 24.3. The average molecular weight is 524 g/mol. The zero-order chi connectivity index (χ0) is 23.5. The molecule has 0 atom stereocenters. The van der Waals surface area contributed by atoms with Crippen molar-refractivity contribution in [3.8, 4) is 5.75 Å². The number of hydrogen-bond acceptors (Lipinski definition) is 7. The van der Waals surface area contributed by atoms with Gasteiger partial charge in [-0.15, -0.1) is 0 Å². The lowest BCUT2D eigenvalue weighted by molar-refractivity contribution is -0.119. The van der Waals surface area contributed by atoms with Gasteiger partial charge < -0.3 is 19.9 Å². The van der Waals surface area contributed by atoms with Crippen molar-refractivity contribution in [1.29, 1.82) is 0 Å². The minimum Gasteiger partial charge on any atom is -0.507 e. The molecule has 2 aromatic carbocycles. The highest BCUT2D eigenvalue weighted by Crippen LogP contribution is 2.32. The van der Waals surface area contributed by atoms with Crippen LogP contribution in [0.3, 0.4) is 0 Å². The van der Waals surface area contributed by atoms with E-state index in [4.69, 9.17) is 44.3 Å². The van der Waals surface area contributed by atoms with Crippen LogP contribution >= 0.6 is 34.8 Å². The van der Waals surface area contributed by atoms with Crippen molar-refractivity contribution in [1.82, 2.24) is 4.31 Å². The van der Waals surface area contributed by atoms with Crippen molar-refractivity contribution in [2.45, 2.75) is 4.90 Å². The third kappa shape index (κ3) is 5.64. The Balaban J connectivity index is 1.69. The molecule has 2 aromatic rings.